The Morgan fingerprint density at radius 3 is 2.50 bits per heavy atom. The molecule has 1 aliphatic heterocycles. The van der Waals surface area contributed by atoms with Crippen LogP contribution in [0.2, 0.25) is 0 Å². The number of aliphatic hydroxyl groups is 1. The lowest BCUT2D eigenvalue weighted by molar-refractivity contribution is -0.155. The van der Waals surface area contributed by atoms with Crippen molar-refractivity contribution in [2.75, 3.05) is 0 Å². The number of amides is 2. The predicted octanol–water partition coefficient (Wildman–Crippen LogP) is -1.03. The van der Waals surface area contributed by atoms with Crippen molar-refractivity contribution in [3.63, 3.8) is 0 Å². The van der Waals surface area contributed by atoms with E-state index in [1.807, 2.05) is 0 Å². The third-order valence-electron chi connectivity index (χ3n) is 2.14. The van der Waals surface area contributed by atoms with Crippen molar-refractivity contribution in [2.45, 2.75) is 31.9 Å². The Labute approximate surface area is 80.1 Å². The monoisotopic (exact) mass is 201 g/mol. The molecule has 1 fully saturated rings. The zero-order valence-electron chi connectivity index (χ0n) is 7.64. The fraction of sp³-hybridized carbons (Fsp3) is 0.625. The summed E-state index contributed by atoms with van der Waals surface area (Å²) in [6.45, 7) is 1.56. The highest BCUT2D eigenvalue weighted by molar-refractivity contribution is 6.07. The number of aliphatic hydroxyl groups excluding tert-OH is 1. The lowest BCUT2D eigenvalue weighted by Crippen LogP contribution is -2.45. The fourth-order valence-electron chi connectivity index (χ4n) is 1.43. The van der Waals surface area contributed by atoms with Crippen molar-refractivity contribution < 1.29 is 24.6 Å². The molecule has 0 spiro atoms. The summed E-state index contributed by atoms with van der Waals surface area (Å²) < 4.78 is 0. The largest absolute Gasteiger partial charge is 0.480 e. The molecule has 0 radical (unpaired) electrons. The first-order chi connectivity index (χ1) is 6.49. The molecule has 2 amide bonds. The zero-order valence-corrected chi connectivity index (χ0v) is 7.64. The van der Waals surface area contributed by atoms with E-state index in [9.17, 15) is 14.4 Å². The number of carbonyl (C=O) groups is 3. The molecule has 0 bridgehead atoms. The number of aliphatic carboxylic acids is 1. The van der Waals surface area contributed by atoms with Crippen LogP contribution in [-0.4, -0.2) is 45.0 Å². The van der Waals surface area contributed by atoms with Gasteiger partial charge in [-0.1, -0.05) is 6.92 Å². The Balaban J connectivity index is 2.90. The summed E-state index contributed by atoms with van der Waals surface area (Å²) in [6, 6.07) is -1.16. The van der Waals surface area contributed by atoms with E-state index in [2.05, 4.69) is 0 Å². The summed E-state index contributed by atoms with van der Waals surface area (Å²) in [7, 11) is 0. The lowest BCUT2D eigenvalue weighted by atomic mass is 10.2. The van der Waals surface area contributed by atoms with E-state index in [0.29, 0.717) is 4.90 Å². The molecule has 6 nitrogen and oxygen atoms in total. The van der Waals surface area contributed by atoms with Crippen LogP contribution in [0.3, 0.4) is 0 Å². The SMILES string of the molecule is CCC(C(=O)O)N1C(=O)CC(O)C1=O. The van der Waals surface area contributed by atoms with Crippen LogP contribution in [0.5, 0.6) is 0 Å². The molecule has 0 aromatic carbocycles. The van der Waals surface area contributed by atoms with Crippen molar-refractivity contribution in [3.8, 4) is 0 Å². The van der Waals surface area contributed by atoms with E-state index < -0.39 is 29.9 Å². The van der Waals surface area contributed by atoms with Gasteiger partial charge in [-0.25, -0.2) is 4.79 Å². The average Bonchev–Trinajstić information content (AvgIpc) is 2.32. The second kappa shape index (κ2) is 3.75. The van der Waals surface area contributed by atoms with Crippen LogP contribution in [0.4, 0.5) is 0 Å². The first kappa shape index (κ1) is 10.6. The van der Waals surface area contributed by atoms with E-state index in [1.54, 1.807) is 6.92 Å². The maximum Gasteiger partial charge on any atom is 0.326 e. The van der Waals surface area contributed by atoms with Gasteiger partial charge in [-0.2, -0.15) is 0 Å². The molecule has 78 valence electrons. The Hall–Kier alpha value is -1.43. The van der Waals surface area contributed by atoms with Crippen molar-refractivity contribution in [1.82, 2.24) is 4.90 Å². The number of imide groups is 1. The van der Waals surface area contributed by atoms with Crippen molar-refractivity contribution in [3.05, 3.63) is 0 Å². The molecule has 0 aromatic rings. The Bertz CT molecular complexity index is 287. The standard InChI is InChI=1S/C8H11NO5/c1-2-4(8(13)14)9-6(11)3-5(10)7(9)12/h4-5,10H,2-3H2,1H3,(H,13,14). The van der Waals surface area contributed by atoms with Gasteiger partial charge in [0.05, 0.1) is 6.42 Å². The van der Waals surface area contributed by atoms with Gasteiger partial charge in [0, 0.05) is 0 Å². The van der Waals surface area contributed by atoms with E-state index in [-0.39, 0.29) is 12.8 Å². The number of carboxylic acids is 1. The molecular formula is C8H11NO5. The number of hydrogen-bond acceptors (Lipinski definition) is 4. The number of hydrogen-bond donors (Lipinski definition) is 2. The summed E-state index contributed by atoms with van der Waals surface area (Å²) >= 11 is 0. The smallest absolute Gasteiger partial charge is 0.326 e. The van der Waals surface area contributed by atoms with Gasteiger partial charge < -0.3 is 10.2 Å². The third-order valence-corrected chi connectivity index (χ3v) is 2.14. The van der Waals surface area contributed by atoms with Crippen LogP contribution < -0.4 is 0 Å². The normalized spacial score (nSPS) is 24.1. The van der Waals surface area contributed by atoms with Crippen LogP contribution in [0.1, 0.15) is 19.8 Å². The molecule has 0 aliphatic carbocycles. The zero-order chi connectivity index (χ0) is 10.9. The van der Waals surface area contributed by atoms with Gasteiger partial charge >= 0.3 is 5.97 Å². The lowest BCUT2D eigenvalue weighted by Gasteiger charge is -2.20. The number of carbonyl (C=O) groups excluding carboxylic acids is 2. The van der Waals surface area contributed by atoms with Gasteiger partial charge in [-0.05, 0) is 6.42 Å². The molecule has 6 heteroatoms. The summed E-state index contributed by atoms with van der Waals surface area (Å²) in [5.41, 5.74) is 0. The second-order valence-electron chi connectivity index (χ2n) is 3.08. The first-order valence-electron chi connectivity index (χ1n) is 4.25. The topological polar surface area (TPSA) is 94.9 Å². The maximum atomic E-state index is 11.2. The summed E-state index contributed by atoms with van der Waals surface area (Å²) in [5.74, 6) is -2.68. The molecule has 0 saturated carbocycles. The minimum atomic E-state index is -1.38. The number of rotatable bonds is 3. The average molecular weight is 201 g/mol. The Morgan fingerprint density at radius 2 is 2.21 bits per heavy atom. The van der Waals surface area contributed by atoms with Crippen LogP contribution in [-0.2, 0) is 14.4 Å². The van der Waals surface area contributed by atoms with Crippen LogP contribution >= 0.6 is 0 Å². The van der Waals surface area contributed by atoms with Crippen LogP contribution in [0.15, 0.2) is 0 Å². The molecule has 2 atom stereocenters. The summed E-state index contributed by atoms with van der Waals surface area (Å²) in [5, 5.41) is 17.8. The van der Waals surface area contributed by atoms with Crippen molar-refractivity contribution in [2.24, 2.45) is 0 Å². The second-order valence-corrected chi connectivity index (χ2v) is 3.08. The molecule has 2 N–H and O–H groups in total. The number of carboxylic acid groups (broad SMARTS) is 1. The molecule has 1 saturated heterocycles. The van der Waals surface area contributed by atoms with E-state index in [4.69, 9.17) is 10.2 Å². The molecule has 1 rings (SSSR count). The van der Waals surface area contributed by atoms with Gasteiger partial charge in [-0.3, -0.25) is 14.5 Å². The van der Waals surface area contributed by atoms with E-state index in [1.165, 1.54) is 0 Å². The molecule has 1 aliphatic rings. The van der Waals surface area contributed by atoms with Gasteiger partial charge in [0.2, 0.25) is 5.91 Å². The Kier molecular flexibility index (Phi) is 2.85. The minimum absolute atomic E-state index is 0.138. The minimum Gasteiger partial charge on any atom is -0.480 e. The molecule has 1 heterocycles. The summed E-state index contributed by atoms with van der Waals surface area (Å²) in [6.07, 6.45) is -1.56. The molecular weight excluding hydrogens is 190 g/mol. The Morgan fingerprint density at radius 1 is 1.64 bits per heavy atom. The fourth-order valence-corrected chi connectivity index (χ4v) is 1.43. The first-order valence-corrected chi connectivity index (χ1v) is 4.25. The molecule has 14 heavy (non-hydrogen) atoms. The summed E-state index contributed by atoms with van der Waals surface area (Å²) in [4.78, 5) is 33.7. The van der Waals surface area contributed by atoms with Gasteiger partial charge in [0.15, 0.2) is 0 Å². The van der Waals surface area contributed by atoms with Crippen LogP contribution in [0, 0.1) is 0 Å². The highest BCUT2D eigenvalue weighted by Gasteiger charge is 2.43. The molecule has 2 unspecified atom stereocenters. The van der Waals surface area contributed by atoms with E-state index in [0.717, 1.165) is 0 Å². The highest BCUT2D eigenvalue weighted by atomic mass is 16.4. The number of nitrogens with zero attached hydrogens (tertiary/aromatic N) is 1. The van der Waals surface area contributed by atoms with Gasteiger partial charge in [0.25, 0.3) is 5.91 Å². The van der Waals surface area contributed by atoms with Gasteiger partial charge in [-0.15, -0.1) is 0 Å². The van der Waals surface area contributed by atoms with Crippen molar-refractivity contribution >= 4 is 17.8 Å². The van der Waals surface area contributed by atoms with E-state index >= 15 is 0 Å². The predicted molar refractivity (Wildman–Crippen MR) is 44.2 cm³/mol. The molecule has 0 aromatic heterocycles. The number of likely N-dealkylation sites (tertiary alicyclic amines) is 1. The maximum absolute atomic E-state index is 11.2. The quantitative estimate of drug-likeness (QED) is 0.569. The van der Waals surface area contributed by atoms with Crippen molar-refractivity contribution in [1.29, 1.82) is 0 Å². The third kappa shape index (κ3) is 1.60. The van der Waals surface area contributed by atoms with Crippen LogP contribution in [0.25, 0.3) is 0 Å². The highest BCUT2D eigenvalue weighted by Crippen LogP contribution is 2.18. The van der Waals surface area contributed by atoms with Gasteiger partial charge in [0.1, 0.15) is 12.1 Å².